The molecule has 0 heterocycles. The van der Waals surface area contributed by atoms with Crippen LogP contribution in [0.3, 0.4) is 0 Å². The molecule has 0 amide bonds. The van der Waals surface area contributed by atoms with Crippen molar-refractivity contribution < 1.29 is 0 Å². The summed E-state index contributed by atoms with van der Waals surface area (Å²) in [4.78, 5) is 0. The first-order valence-electron chi connectivity index (χ1n) is 4.60. The highest BCUT2D eigenvalue weighted by molar-refractivity contribution is 6.30. The lowest BCUT2D eigenvalue weighted by Crippen LogP contribution is -1.77. The van der Waals surface area contributed by atoms with Crippen molar-refractivity contribution in [1.82, 2.24) is 0 Å². The molecule has 1 heteroatoms. The van der Waals surface area contributed by atoms with Crippen LogP contribution in [0.5, 0.6) is 0 Å². The number of allylic oxidation sites excluding steroid dienone is 2. The van der Waals surface area contributed by atoms with Gasteiger partial charge in [0.25, 0.3) is 0 Å². The molecule has 0 radical (unpaired) electrons. The first-order valence-corrected chi connectivity index (χ1v) is 4.98. The van der Waals surface area contributed by atoms with E-state index in [1.807, 2.05) is 12.1 Å². The summed E-state index contributed by atoms with van der Waals surface area (Å²) in [5, 5.41) is 0.822. The molecule has 0 N–H and O–H groups in total. The zero-order valence-electron chi connectivity index (χ0n) is 7.97. The lowest BCUT2D eigenvalue weighted by Gasteiger charge is -1.96. The minimum Gasteiger partial charge on any atom is -0.0843 e. The van der Waals surface area contributed by atoms with Gasteiger partial charge in [0, 0.05) is 10.9 Å². The maximum absolute atomic E-state index is 5.82. The third-order valence-electron chi connectivity index (χ3n) is 2.60. The zero-order chi connectivity index (χ0) is 9.42. The van der Waals surface area contributed by atoms with Crippen LogP contribution < -0.4 is 0 Å². The molecule has 1 aliphatic carbocycles. The normalized spacial score (nSPS) is 20.2. The van der Waals surface area contributed by atoms with Gasteiger partial charge in [0.05, 0.1) is 0 Å². The summed E-state index contributed by atoms with van der Waals surface area (Å²) >= 11 is 5.82. The van der Waals surface area contributed by atoms with Crippen LogP contribution >= 0.6 is 11.6 Å². The van der Waals surface area contributed by atoms with Crippen LogP contribution in [-0.4, -0.2) is 0 Å². The Bertz CT molecular complexity index is 342. The van der Waals surface area contributed by atoms with E-state index in [9.17, 15) is 0 Å². The average Bonchev–Trinajstić information content (AvgIpc) is 2.85. The lowest BCUT2D eigenvalue weighted by atomic mass is 10.1. The van der Waals surface area contributed by atoms with Gasteiger partial charge in [-0.1, -0.05) is 34.9 Å². The number of benzene rings is 1. The number of halogens is 1. The minimum atomic E-state index is 0.683. The highest BCUT2D eigenvalue weighted by Crippen LogP contribution is 2.48. The predicted molar refractivity (Wildman–Crippen MR) is 57.2 cm³/mol. The zero-order valence-corrected chi connectivity index (χ0v) is 8.73. The van der Waals surface area contributed by atoms with Crippen molar-refractivity contribution in [2.75, 3.05) is 0 Å². The van der Waals surface area contributed by atoms with Crippen LogP contribution in [0, 0.1) is 0 Å². The molecule has 68 valence electrons. The molecule has 0 aliphatic heterocycles. The summed E-state index contributed by atoms with van der Waals surface area (Å²) in [6.07, 6.45) is 1.24. The number of rotatable bonds is 1. The van der Waals surface area contributed by atoms with E-state index in [4.69, 9.17) is 11.6 Å². The van der Waals surface area contributed by atoms with Crippen molar-refractivity contribution in [3.63, 3.8) is 0 Å². The highest BCUT2D eigenvalue weighted by atomic mass is 35.5. The molecular weight excluding hydrogens is 180 g/mol. The number of hydrogen-bond donors (Lipinski definition) is 0. The second kappa shape index (κ2) is 3.19. The average molecular weight is 193 g/mol. The minimum absolute atomic E-state index is 0.683. The van der Waals surface area contributed by atoms with Crippen molar-refractivity contribution >= 4 is 11.6 Å². The molecule has 1 fully saturated rings. The molecule has 1 saturated carbocycles. The Morgan fingerprint density at radius 2 is 1.85 bits per heavy atom. The van der Waals surface area contributed by atoms with Gasteiger partial charge in [-0.25, -0.2) is 0 Å². The molecule has 0 nitrogen and oxygen atoms in total. The van der Waals surface area contributed by atoms with Crippen LogP contribution in [0.1, 0.15) is 31.7 Å². The molecular formula is C12H13Cl. The van der Waals surface area contributed by atoms with Gasteiger partial charge in [-0.2, -0.15) is 0 Å². The third-order valence-corrected chi connectivity index (χ3v) is 2.85. The molecule has 13 heavy (non-hydrogen) atoms. The fraction of sp³-hybridized carbons (Fsp3) is 0.333. The Morgan fingerprint density at radius 1 is 1.23 bits per heavy atom. The van der Waals surface area contributed by atoms with Crippen LogP contribution in [0.4, 0.5) is 0 Å². The Hall–Kier alpha value is -0.750. The van der Waals surface area contributed by atoms with Crippen molar-refractivity contribution in [1.29, 1.82) is 0 Å². The molecule has 2 rings (SSSR count). The smallest absolute Gasteiger partial charge is 0.0406 e. The second-order valence-corrected chi connectivity index (χ2v) is 4.27. The van der Waals surface area contributed by atoms with E-state index in [0.29, 0.717) is 5.92 Å². The fourth-order valence-corrected chi connectivity index (χ4v) is 1.85. The van der Waals surface area contributed by atoms with Crippen molar-refractivity contribution in [3.8, 4) is 0 Å². The van der Waals surface area contributed by atoms with Crippen LogP contribution in [-0.2, 0) is 0 Å². The molecule has 0 spiro atoms. The monoisotopic (exact) mass is 192 g/mol. The van der Waals surface area contributed by atoms with E-state index in [1.165, 1.54) is 17.6 Å². The van der Waals surface area contributed by atoms with Gasteiger partial charge in [0.1, 0.15) is 0 Å². The molecule has 0 saturated heterocycles. The standard InChI is InChI=1S/C12H13Cl/c1-8(2)11-7-12(11)9-3-5-10(13)6-4-9/h3-6,12H,7H2,1-2H3. The van der Waals surface area contributed by atoms with Crippen LogP contribution in [0.2, 0.25) is 5.02 Å². The maximum atomic E-state index is 5.82. The predicted octanol–water partition coefficient (Wildman–Crippen LogP) is 4.16. The summed E-state index contributed by atoms with van der Waals surface area (Å²) in [5.41, 5.74) is 4.47. The van der Waals surface area contributed by atoms with E-state index < -0.39 is 0 Å². The molecule has 1 aromatic rings. The van der Waals surface area contributed by atoms with Gasteiger partial charge in [-0.15, -0.1) is 0 Å². The molecule has 0 aromatic heterocycles. The van der Waals surface area contributed by atoms with E-state index in [2.05, 4.69) is 26.0 Å². The van der Waals surface area contributed by atoms with Gasteiger partial charge in [-0.05, 0) is 38.0 Å². The van der Waals surface area contributed by atoms with E-state index >= 15 is 0 Å². The second-order valence-electron chi connectivity index (χ2n) is 3.83. The van der Waals surface area contributed by atoms with Gasteiger partial charge in [0.2, 0.25) is 0 Å². The topological polar surface area (TPSA) is 0 Å². The van der Waals surface area contributed by atoms with Gasteiger partial charge in [0.15, 0.2) is 0 Å². The summed E-state index contributed by atoms with van der Waals surface area (Å²) in [6, 6.07) is 8.20. The third kappa shape index (κ3) is 1.78. The quantitative estimate of drug-likeness (QED) is 0.586. The van der Waals surface area contributed by atoms with Crippen molar-refractivity contribution in [2.45, 2.75) is 26.2 Å². The Kier molecular flexibility index (Phi) is 2.17. The largest absolute Gasteiger partial charge is 0.0843 e. The van der Waals surface area contributed by atoms with E-state index in [1.54, 1.807) is 5.57 Å². The van der Waals surface area contributed by atoms with Crippen LogP contribution in [0.15, 0.2) is 35.4 Å². The fourth-order valence-electron chi connectivity index (χ4n) is 1.73. The Morgan fingerprint density at radius 3 is 2.31 bits per heavy atom. The molecule has 1 aliphatic rings. The number of hydrogen-bond acceptors (Lipinski definition) is 0. The van der Waals surface area contributed by atoms with Crippen molar-refractivity contribution in [3.05, 3.63) is 46.0 Å². The lowest BCUT2D eigenvalue weighted by molar-refractivity contribution is 1.15. The van der Waals surface area contributed by atoms with Crippen molar-refractivity contribution in [2.24, 2.45) is 0 Å². The van der Waals surface area contributed by atoms with E-state index in [0.717, 1.165) is 5.02 Å². The molecule has 1 aromatic carbocycles. The van der Waals surface area contributed by atoms with E-state index in [-0.39, 0.29) is 0 Å². The first-order chi connectivity index (χ1) is 6.18. The summed E-state index contributed by atoms with van der Waals surface area (Å²) in [5.74, 6) is 0.683. The summed E-state index contributed by atoms with van der Waals surface area (Å²) in [6.45, 7) is 4.37. The molecule has 1 atom stereocenters. The van der Waals surface area contributed by atoms with Gasteiger partial charge < -0.3 is 0 Å². The first kappa shape index (κ1) is 8.83. The summed E-state index contributed by atoms with van der Waals surface area (Å²) in [7, 11) is 0. The van der Waals surface area contributed by atoms with Crippen LogP contribution in [0.25, 0.3) is 0 Å². The maximum Gasteiger partial charge on any atom is 0.0406 e. The van der Waals surface area contributed by atoms with Gasteiger partial charge >= 0.3 is 0 Å². The van der Waals surface area contributed by atoms with Gasteiger partial charge in [-0.3, -0.25) is 0 Å². The summed E-state index contributed by atoms with van der Waals surface area (Å²) < 4.78 is 0. The molecule has 1 unspecified atom stereocenters. The Balaban J connectivity index is 2.22. The SMILES string of the molecule is CC(C)=C1CC1c1ccc(Cl)cc1. The highest BCUT2D eigenvalue weighted by Gasteiger charge is 2.31. The Labute approximate surface area is 84.2 Å². The molecule has 0 bridgehead atoms.